The van der Waals surface area contributed by atoms with Crippen molar-refractivity contribution in [3.05, 3.63) is 11.7 Å². The molecule has 0 aromatic carbocycles. The Bertz CT molecular complexity index is 270. The Balaban J connectivity index is 2.84. The van der Waals surface area contributed by atoms with E-state index in [0.717, 1.165) is 0 Å². The molecule has 3 N–H and O–H groups in total. The van der Waals surface area contributed by atoms with E-state index < -0.39 is 12.0 Å². The van der Waals surface area contributed by atoms with Gasteiger partial charge in [0.2, 0.25) is 0 Å². The summed E-state index contributed by atoms with van der Waals surface area (Å²) >= 11 is 0. The highest BCUT2D eigenvalue weighted by Gasteiger charge is 2.20. The van der Waals surface area contributed by atoms with Crippen LogP contribution in [0.25, 0.3) is 0 Å². The molecule has 0 aliphatic heterocycles. The lowest BCUT2D eigenvalue weighted by Gasteiger charge is -1.96. The number of hydrogen-bond acceptors (Lipinski definition) is 5. The topological polar surface area (TPSA) is 102 Å². The third kappa shape index (κ3) is 1.53. The Morgan fingerprint density at radius 1 is 1.82 bits per heavy atom. The van der Waals surface area contributed by atoms with Gasteiger partial charge in [0.15, 0.2) is 11.9 Å². The number of aryl methyl sites for hydroxylation is 1. The highest BCUT2D eigenvalue weighted by molar-refractivity contribution is 5.73. The van der Waals surface area contributed by atoms with Crippen molar-refractivity contribution >= 4 is 5.97 Å². The zero-order valence-electron chi connectivity index (χ0n) is 5.81. The summed E-state index contributed by atoms with van der Waals surface area (Å²) in [4.78, 5) is 13.9. The molecule has 1 aromatic heterocycles. The number of aliphatic carboxylic acids is 1. The fourth-order valence-electron chi connectivity index (χ4n) is 0.545. The van der Waals surface area contributed by atoms with Gasteiger partial charge in [-0.1, -0.05) is 5.16 Å². The van der Waals surface area contributed by atoms with E-state index in [2.05, 4.69) is 14.7 Å². The molecule has 0 radical (unpaired) electrons. The van der Waals surface area contributed by atoms with Crippen LogP contribution in [0.3, 0.4) is 0 Å². The van der Waals surface area contributed by atoms with Crippen molar-refractivity contribution in [1.82, 2.24) is 10.1 Å². The first-order valence-corrected chi connectivity index (χ1v) is 2.90. The second-order valence-electron chi connectivity index (χ2n) is 2.00. The second-order valence-corrected chi connectivity index (χ2v) is 2.00. The lowest BCUT2D eigenvalue weighted by atomic mass is 10.3. The van der Waals surface area contributed by atoms with Crippen LogP contribution in [0.4, 0.5) is 0 Å². The summed E-state index contributed by atoms with van der Waals surface area (Å²) in [7, 11) is 0. The van der Waals surface area contributed by atoms with E-state index in [9.17, 15) is 4.79 Å². The van der Waals surface area contributed by atoms with Gasteiger partial charge in [-0.3, -0.25) is 0 Å². The van der Waals surface area contributed by atoms with Crippen LogP contribution in [-0.4, -0.2) is 21.2 Å². The third-order valence-corrected chi connectivity index (χ3v) is 1.08. The van der Waals surface area contributed by atoms with Gasteiger partial charge in [0.05, 0.1) is 0 Å². The van der Waals surface area contributed by atoms with Gasteiger partial charge < -0.3 is 15.4 Å². The zero-order chi connectivity index (χ0) is 8.43. The minimum Gasteiger partial charge on any atom is -0.480 e. The molecule has 6 heteroatoms. The molecule has 6 nitrogen and oxygen atoms in total. The molecule has 1 rings (SSSR count). The summed E-state index contributed by atoms with van der Waals surface area (Å²) in [6, 6.07) is -1.23. The number of carboxylic acids is 1. The Hall–Kier alpha value is -1.43. The van der Waals surface area contributed by atoms with Gasteiger partial charge in [-0.25, -0.2) is 4.79 Å². The van der Waals surface area contributed by atoms with Crippen molar-refractivity contribution in [3.63, 3.8) is 0 Å². The number of carboxylic acid groups (broad SMARTS) is 1. The highest BCUT2D eigenvalue weighted by Crippen LogP contribution is 2.05. The molecule has 0 saturated heterocycles. The van der Waals surface area contributed by atoms with E-state index >= 15 is 0 Å². The van der Waals surface area contributed by atoms with Crippen LogP contribution in [0.1, 0.15) is 17.8 Å². The number of nitrogens with zero attached hydrogens (tertiary/aromatic N) is 2. The highest BCUT2D eigenvalue weighted by atomic mass is 16.5. The Kier molecular flexibility index (Phi) is 1.86. The second kappa shape index (κ2) is 2.67. The van der Waals surface area contributed by atoms with Gasteiger partial charge in [0, 0.05) is 0 Å². The van der Waals surface area contributed by atoms with Crippen LogP contribution >= 0.6 is 0 Å². The Morgan fingerprint density at radius 3 is 2.82 bits per heavy atom. The molecule has 0 aliphatic rings. The van der Waals surface area contributed by atoms with E-state index in [0.29, 0.717) is 5.82 Å². The predicted octanol–water partition coefficient (Wildman–Crippen LogP) is -0.538. The minimum atomic E-state index is -1.23. The Labute approximate surface area is 62.0 Å². The fraction of sp³-hybridized carbons (Fsp3) is 0.400. The first-order valence-electron chi connectivity index (χ1n) is 2.90. The number of aromatic nitrogens is 2. The smallest absolute Gasteiger partial charge is 0.330 e. The van der Waals surface area contributed by atoms with Crippen LogP contribution in [0, 0.1) is 6.92 Å². The van der Waals surface area contributed by atoms with Gasteiger partial charge in [-0.05, 0) is 6.92 Å². The van der Waals surface area contributed by atoms with Crippen LogP contribution in [0.2, 0.25) is 0 Å². The molecular formula is C5H7N3O3. The summed E-state index contributed by atoms with van der Waals surface area (Å²) < 4.78 is 4.52. The molecule has 1 heterocycles. The molecule has 0 amide bonds. The molecule has 0 aliphatic carbocycles. The molecular weight excluding hydrogens is 150 g/mol. The van der Waals surface area contributed by atoms with Crippen molar-refractivity contribution in [2.45, 2.75) is 13.0 Å². The maximum Gasteiger partial charge on any atom is 0.330 e. The molecule has 1 atom stereocenters. The van der Waals surface area contributed by atoms with E-state index in [1.54, 1.807) is 6.92 Å². The maximum atomic E-state index is 10.3. The molecule has 0 bridgehead atoms. The minimum absolute atomic E-state index is 0.0741. The number of hydrogen-bond donors (Lipinski definition) is 2. The summed E-state index contributed by atoms with van der Waals surface area (Å²) in [5, 5.41) is 11.8. The number of nitrogens with two attached hydrogens (primary N) is 1. The van der Waals surface area contributed by atoms with Crippen molar-refractivity contribution in [3.8, 4) is 0 Å². The lowest BCUT2D eigenvalue weighted by molar-refractivity contribution is -0.139. The summed E-state index contributed by atoms with van der Waals surface area (Å²) in [6.45, 7) is 1.58. The van der Waals surface area contributed by atoms with Crippen LogP contribution in [0.5, 0.6) is 0 Å². The maximum absolute atomic E-state index is 10.3. The normalized spacial score (nSPS) is 12.9. The fourth-order valence-corrected chi connectivity index (χ4v) is 0.545. The van der Waals surface area contributed by atoms with Gasteiger partial charge >= 0.3 is 5.97 Å². The first kappa shape index (κ1) is 7.67. The lowest BCUT2D eigenvalue weighted by Crippen LogP contribution is -2.20. The average molecular weight is 157 g/mol. The predicted molar refractivity (Wildman–Crippen MR) is 33.6 cm³/mol. The summed E-state index contributed by atoms with van der Waals surface area (Å²) in [5.74, 6) is -0.889. The van der Waals surface area contributed by atoms with Crippen LogP contribution in [0.15, 0.2) is 4.52 Å². The van der Waals surface area contributed by atoms with Crippen molar-refractivity contribution < 1.29 is 14.4 Å². The quantitative estimate of drug-likeness (QED) is 0.597. The summed E-state index contributed by atoms with van der Waals surface area (Å²) in [6.07, 6.45) is 0. The molecule has 0 saturated carbocycles. The average Bonchev–Trinajstić information content (AvgIpc) is 2.34. The molecule has 0 spiro atoms. The molecule has 0 fully saturated rings. The van der Waals surface area contributed by atoms with Gasteiger partial charge in [-0.15, -0.1) is 0 Å². The van der Waals surface area contributed by atoms with E-state index in [1.165, 1.54) is 0 Å². The van der Waals surface area contributed by atoms with Crippen molar-refractivity contribution in [2.24, 2.45) is 5.73 Å². The van der Waals surface area contributed by atoms with Crippen LogP contribution < -0.4 is 5.73 Å². The molecule has 60 valence electrons. The van der Waals surface area contributed by atoms with Crippen molar-refractivity contribution in [1.29, 1.82) is 0 Å². The largest absolute Gasteiger partial charge is 0.480 e. The molecule has 11 heavy (non-hydrogen) atoms. The Morgan fingerprint density at radius 2 is 2.45 bits per heavy atom. The van der Waals surface area contributed by atoms with Crippen molar-refractivity contribution in [2.75, 3.05) is 0 Å². The van der Waals surface area contributed by atoms with Gasteiger partial charge in [0.1, 0.15) is 0 Å². The third-order valence-electron chi connectivity index (χ3n) is 1.08. The standard InChI is InChI=1S/C5H7N3O3/c1-2-7-4(11-8-2)3(6)5(9)10/h3H,6H2,1H3,(H,9,10). The van der Waals surface area contributed by atoms with E-state index in [4.69, 9.17) is 10.8 Å². The monoisotopic (exact) mass is 157 g/mol. The van der Waals surface area contributed by atoms with Gasteiger partial charge in [-0.2, -0.15) is 4.98 Å². The first-order chi connectivity index (χ1) is 5.11. The number of rotatable bonds is 2. The summed E-state index contributed by atoms with van der Waals surface area (Å²) in [5.41, 5.74) is 5.16. The number of carbonyl (C=O) groups is 1. The van der Waals surface area contributed by atoms with E-state index in [1.807, 2.05) is 0 Å². The van der Waals surface area contributed by atoms with Crippen LogP contribution in [-0.2, 0) is 4.79 Å². The SMILES string of the molecule is Cc1noc(C(N)C(=O)O)n1. The molecule has 1 unspecified atom stereocenters. The van der Waals surface area contributed by atoms with Gasteiger partial charge in [0.25, 0.3) is 5.89 Å². The zero-order valence-corrected chi connectivity index (χ0v) is 5.81. The van der Waals surface area contributed by atoms with E-state index in [-0.39, 0.29) is 5.89 Å². The molecule has 1 aromatic rings.